The van der Waals surface area contributed by atoms with Gasteiger partial charge in [-0.1, -0.05) is 18.2 Å². The smallest absolute Gasteiger partial charge is 0.203 e. The summed E-state index contributed by atoms with van der Waals surface area (Å²) >= 11 is 0. The lowest BCUT2D eigenvalue weighted by Crippen LogP contribution is -2.00. The molecule has 0 unspecified atom stereocenters. The second-order valence-corrected chi connectivity index (χ2v) is 6.16. The molecule has 0 atom stereocenters. The average Bonchev–Trinajstić information content (AvgIpc) is 3.16. The molecule has 1 N–H and O–H groups in total. The molecule has 148 valence electrons. The lowest BCUT2D eigenvalue weighted by atomic mass is 10.1. The number of hydrogen-bond acceptors (Lipinski definition) is 6. The Balaban J connectivity index is 1.74. The van der Waals surface area contributed by atoms with E-state index in [1.807, 2.05) is 0 Å². The molecule has 0 fully saturated rings. The summed E-state index contributed by atoms with van der Waals surface area (Å²) in [6.07, 6.45) is 3.36. The highest BCUT2D eigenvalue weighted by Crippen LogP contribution is 2.40. The van der Waals surface area contributed by atoms with Gasteiger partial charge in [0, 0.05) is 35.1 Å². The van der Waals surface area contributed by atoms with Crippen LogP contribution in [0.5, 0.6) is 17.2 Å². The summed E-state index contributed by atoms with van der Waals surface area (Å²) in [5.41, 5.74) is 2.28. The number of halogens is 1. The Labute approximate surface area is 166 Å². The molecule has 0 bridgehead atoms. The van der Waals surface area contributed by atoms with Crippen molar-refractivity contribution in [2.24, 2.45) is 0 Å². The van der Waals surface area contributed by atoms with Crippen molar-refractivity contribution in [3.8, 4) is 28.4 Å². The summed E-state index contributed by atoms with van der Waals surface area (Å²) in [5, 5.41) is 7.48. The lowest BCUT2D eigenvalue weighted by molar-refractivity contribution is 0.324. The Kier molecular flexibility index (Phi) is 4.90. The fourth-order valence-electron chi connectivity index (χ4n) is 3.11. The third kappa shape index (κ3) is 3.40. The Morgan fingerprint density at radius 3 is 2.31 bits per heavy atom. The number of hydrogen-bond donors (Lipinski definition) is 1. The minimum absolute atomic E-state index is 0.327. The van der Waals surface area contributed by atoms with Crippen molar-refractivity contribution in [3.63, 3.8) is 0 Å². The topological polar surface area (TPSA) is 69.9 Å². The standard InChI is InChI=1S/C21H19FN4O3/c1-27-17-10-13(11-18(28-2)20(17)29-3)24-19-8-9-26-21(25-19)15(12-23-26)14-6-4-5-7-16(14)22/h4-12H,1-3H3,(H,24,25). The first-order valence-corrected chi connectivity index (χ1v) is 8.81. The number of fused-ring (bicyclic) bond motifs is 1. The number of rotatable bonds is 6. The normalized spacial score (nSPS) is 10.8. The Hall–Kier alpha value is -3.81. The van der Waals surface area contributed by atoms with Gasteiger partial charge in [-0.2, -0.15) is 5.10 Å². The molecule has 0 amide bonds. The predicted octanol–water partition coefficient (Wildman–Crippen LogP) is 4.30. The summed E-state index contributed by atoms with van der Waals surface area (Å²) in [6, 6.07) is 11.9. The summed E-state index contributed by atoms with van der Waals surface area (Å²) in [5.74, 6) is 1.78. The van der Waals surface area contributed by atoms with Gasteiger partial charge >= 0.3 is 0 Å². The number of nitrogens with one attached hydrogen (secondary N) is 1. The summed E-state index contributed by atoms with van der Waals surface area (Å²) in [7, 11) is 4.66. The highest BCUT2D eigenvalue weighted by atomic mass is 19.1. The molecule has 2 heterocycles. The maximum absolute atomic E-state index is 14.2. The van der Waals surface area contributed by atoms with Crippen LogP contribution in [0.4, 0.5) is 15.9 Å². The van der Waals surface area contributed by atoms with Gasteiger partial charge in [0.25, 0.3) is 0 Å². The first-order chi connectivity index (χ1) is 14.1. The van der Waals surface area contributed by atoms with Gasteiger partial charge in [0.2, 0.25) is 5.75 Å². The van der Waals surface area contributed by atoms with Crippen molar-refractivity contribution < 1.29 is 18.6 Å². The van der Waals surface area contributed by atoms with Crippen LogP contribution in [0.25, 0.3) is 16.8 Å². The number of anilines is 2. The SMILES string of the molecule is COc1cc(Nc2ccn3ncc(-c4ccccc4F)c3n2)cc(OC)c1OC. The van der Waals surface area contributed by atoms with Crippen LogP contribution in [0.15, 0.2) is 54.9 Å². The van der Waals surface area contributed by atoms with E-state index in [4.69, 9.17) is 14.2 Å². The molecule has 0 aliphatic heterocycles. The van der Waals surface area contributed by atoms with Crippen molar-refractivity contribution >= 4 is 17.2 Å². The lowest BCUT2D eigenvalue weighted by Gasteiger charge is -2.15. The molecule has 0 spiro atoms. The van der Waals surface area contributed by atoms with Crippen LogP contribution in [0, 0.1) is 5.82 Å². The molecule has 0 saturated carbocycles. The van der Waals surface area contributed by atoms with Crippen LogP contribution in [-0.2, 0) is 0 Å². The second kappa shape index (κ2) is 7.67. The van der Waals surface area contributed by atoms with Crippen molar-refractivity contribution in [1.29, 1.82) is 0 Å². The maximum atomic E-state index is 14.2. The minimum Gasteiger partial charge on any atom is -0.493 e. The van der Waals surface area contributed by atoms with Crippen molar-refractivity contribution in [1.82, 2.24) is 14.6 Å². The van der Waals surface area contributed by atoms with E-state index in [1.165, 1.54) is 6.07 Å². The highest BCUT2D eigenvalue weighted by Gasteiger charge is 2.15. The molecular weight excluding hydrogens is 375 g/mol. The van der Waals surface area contributed by atoms with Crippen LogP contribution in [0.3, 0.4) is 0 Å². The minimum atomic E-state index is -0.327. The van der Waals surface area contributed by atoms with Crippen LogP contribution < -0.4 is 19.5 Å². The number of aromatic nitrogens is 3. The zero-order valence-electron chi connectivity index (χ0n) is 16.1. The van der Waals surface area contributed by atoms with Gasteiger partial charge in [0.05, 0.1) is 27.5 Å². The largest absolute Gasteiger partial charge is 0.493 e. The van der Waals surface area contributed by atoms with E-state index < -0.39 is 0 Å². The monoisotopic (exact) mass is 394 g/mol. The average molecular weight is 394 g/mol. The van der Waals surface area contributed by atoms with Crippen molar-refractivity contribution in [2.45, 2.75) is 0 Å². The molecule has 29 heavy (non-hydrogen) atoms. The fourth-order valence-corrected chi connectivity index (χ4v) is 3.11. The van der Waals surface area contributed by atoms with Gasteiger partial charge in [-0.15, -0.1) is 0 Å². The highest BCUT2D eigenvalue weighted by molar-refractivity contribution is 5.78. The van der Waals surface area contributed by atoms with Gasteiger partial charge in [0.15, 0.2) is 17.1 Å². The molecule has 4 aromatic rings. The van der Waals surface area contributed by atoms with E-state index in [9.17, 15) is 4.39 Å². The van der Waals surface area contributed by atoms with Crippen LogP contribution in [-0.4, -0.2) is 35.9 Å². The van der Waals surface area contributed by atoms with E-state index in [1.54, 1.807) is 74.6 Å². The second-order valence-electron chi connectivity index (χ2n) is 6.16. The molecule has 0 aliphatic carbocycles. The Morgan fingerprint density at radius 1 is 0.931 bits per heavy atom. The zero-order chi connectivity index (χ0) is 20.4. The van der Waals surface area contributed by atoms with Crippen LogP contribution in [0.1, 0.15) is 0 Å². The molecule has 2 aromatic carbocycles. The Morgan fingerprint density at radius 2 is 1.66 bits per heavy atom. The van der Waals surface area contributed by atoms with E-state index in [0.29, 0.717) is 45.5 Å². The number of benzene rings is 2. The molecule has 0 saturated heterocycles. The molecule has 2 aromatic heterocycles. The summed E-state index contributed by atoms with van der Waals surface area (Å²) < 4.78 is 32.0. The third-order valence-electron chi connectivity index (χ3n) is 4.47. The first-order valence-electron chi connectivity index (χ1n) is 8.81. The molecular formula is C21H19FN4O3. The quantitative estimate of drug-likeness (QED) is 0.526. The van der Waals surface area contributed by atoms with Crippen molar-refractivity contribution in [2.75, 3.05) is 26.6 Å². The molecule has 8 heteroatoms. The maximum Gasteiger partial charge on any atom is 0.203 e. The zero-order valence-corrected chi connectivity index (χ0v) is 16.1. The molecule has 7 nitrogen and oxygen atoms in total. The van der Waals surface area contributed by atoms with Crippen molar-refractivity contribution in [3.05, 3.63) is 60.7 Å². The molecule has 0 aliphatic rings. The van der Waals surface area contributed by atoms with Gasteiger partial charge in [0.1, 0.15) is 11.6 Å². The van der Waals surface area contributed by atoms with Gasteiger partial charge in [-0.25, -0.2) is 13.9 Å². The van der Waals surface area contributed by atoms with Gasteiger partial charge in [-0.05, 0) is 12.1 Å². The molecule has 4 rings (SSSR count). The number of methoxy groups -OCH3 is 3. The van der Waals surface area contributed by atoms with Gasteiger partial charge in [-0.3, -0.25) is 0 Å². The van der Waals surface area contributed by atoms with E-state index in [-0.39, 0.29) is 5.82 Å². The fraction of sp³-hybridized carbons (Fsp3) is 0.143. The van der Waals surface area contributed by atoms with E-state index in [2.05, 4.69) is 15.4 Å². The number of ether oxygens (including phenoxy) is 3. The first kappa shape index (κ1) is 18.5. The number of nitrogens with zero attached hydrogens (tertiary/aromatic N) is 3. The predicted molar refractivity (Wildman–Crippen MR) is 108 cm³/mol. The molecule has 0 radical (unpaired) electrons. The van der Waals surface area contributed by atoms with E-state index in [0.717, 1.165) is 0 Å². The van der Waals surface area contributed by atoms with E-state index >= 15 is 0 Å². The third-order valence-corrected chi connectivity index (χ3v) is 4.47. The van der Waals surface area contributed by atoms with Gasteiger partial charge < -0.3 is 19.5 Å². The van der Waals surface area contributed by atoms with Crippen LogP contribution >= 0.6 is 0 Å². The Bertz CT molecular complexity index is 1150. The summed E-state index contributed by atoms with van der Waals surface area (Å²) in [4.78, 5) is 4.61. The summed E-state index contributed by atoms with van der Waals surface area (Å²) in [6.45, 7) is 0. The van der Waals surface area contributed by atoms with Crippen LogP contribution in [0.2, 0.25) is 0 Å².